The third-order valence-electron chi connectivity index (χ3n) is 2.94. The van der Waals surface area contributed by atoms with E-state index in [1.807, 2.05) is 4.90 Å². The Labute approximate surface area is 105 Å². The van der Waals surface area contributed by atoms with Gasteiger partial charge >= 0.3 is 0 Å². The van der Waals surface area contributed by atoms with Crippen molar-refractivity contribution >= 4 is 23.3 Å². The second-order valence-corrected chi connectivity index (χ2v) is 4.75. The van der Waals surface area contributed by atoms with Crippen LogP contribution < -0.4 is 11.3 Å². The summed E-state index contributed by atoms with van der Waals surface area (Å²) < 4.78 is 0. The maximum atomic E-state index is 12.1. The smallest absolute Gasteiger partial charge is 0.255 e. The van der Waals surface area contributed by atoms with Crippen molar-refractivity contribution in [3.05, 3.63) is 22.8 Å². The fourth-order valence-corrected chi connectivity index (χ4v) is 2.18. The Bertz CT molecular complexity index is 437. The molecule has 1 saturated heterocycles. The Morgan fingerprint density at radius 3 is 3.00 bits per heavy atom. The molecule has 0 bridgehead atoms. The molecule has 1 atom stereocenters. The number of nitrogens with two attached hydrogens (primary N) is 1. The quantitative estimate of drug-likeness (QED) is 0.620. The van der Waals surface area contributed by atoms with Gasteiger partial charge in [-0.15, -0.1) is 0 Å². The molecule has 1 aromatic heterocycles. The van der Waals surface area contributed by atoms with E-state index in [1.54, 1.807) is 6.07 Å². The number of carbonyl (C=O) groups is 1. The number of amides is 1. The Morgan fingerprint density at radius 2 is 2.47 bits per heavy atom. The van der Waals surface area contributed by atoms with Crippen LogP contribution in [0, 0.1) is 5.92 Å². The van der Waals surface area contributed by atoms with Gasteiger partial charge in [0.1, 0.15) is 0 Å². The number of carbonyl (C=O) groups excluding carboxylic acids is 1. The number of rotatable bonds is 2. The van der Waals surface area contributed by atoms with E-state index in [1.165, 1.54) is 6.20 Å². The van der Waals surface area contributed by atoms with Crippen LogP contribution in [0.5, 0.6) is 0 Å². The summed E-state index contributed by atoms with van der Waals surface area (Å²) in [7, 11) is 0. The summed E-state index contributed by atoms with van der Waals surface area (Å²) in [6.07, 6.45) is 2.54. The highest BCUT2D eigenvalue weighted by Crippen LogP contribution is 2.22. The Morgan fingerprint density at radius 1 is 1.71 bits per heavy atom. The number of anilines is 1. The summed E-state index contributed by atoms with van der Waals surface area (Å²) in [5.41, 5.74) is 2.87. The van der Waals surface area contributed by atoms with Crippen LogP contribution >= 0.6 is 11.6 Å². The molecule has 6 heteroatoms. The van der Waals surface area contributed by atoms with E-state index in [2.05, 4.69) is 17.3 Å². The molecule has 1 amide bonds. The van der Waals surface area contributed by atoms with Crippen LogP contribution in [0.1, 0.15) is 23.7 Å². The number of halogens is 1. The first-order valence-electron chi connectivity index (χ1n) is 5.53. The minimum atomic E-state index is -0.0210. The third kappa shape index (κ3) is 2.50. The maximum Gasteiger partial charge on any atom is 0.255 e. The van der Waals surface area contributed by atoms with Gasteiger partial charge in [0, 0.05) is 19.3 Å². The number of nitrogens with one attached hydrogen (secondary N) is 1. The lowest BCUT2D eigenvalue weighted by Crippen LogP contribution is -2.28. The Kier molecular flexibility index (Phi) is 3.49. The van der Waals surface area contributed by atoms with Crippen molar-refractivity contribution in [3.63, 3.8) is 0 Å². The first-order valence-corrected chi connectivity index (χ1v) is 5.91. The van der Waals surface area contributed by atoms with E-state index in [4.69, 9.17) is 17.4 Å². The van der Waals surface area contributed by atoms with Gasteiger partial charge < -0.3 is 10.3 Å². The molecule has 2 heterocycles. The molecule has 5 nitrogen and oxygen atoms in total. The molecule has 0 aromatic carbocycles. The van der Waals surface area contributed by atoms with Gasteiger partial charge in [-0.2, -0.15) is 0 Å². The SMILES string of the molecule is CC1CCN(C(=O)c2cnc(NN)c(Cl)c2)C1. The van der Waals surface area contributed by atoms with Gasteiger partial charge in [0.25, 0.3) is 5.91 Å². The fraction of sp³-hybridized carbons (Fsp3) is 0.455. The molecule has 2 rings (SSSR count). The van der Waals surface area contributed by atoms with Crippen molar-refractivity contribution in [1.29, 1.82) is 0 Å². The van der Waals surface area contributed by atoms with Crippen LogP contribution in [0.2, 0.25) is 5.02 Å². The van der Waals surface area contributed by atoms with E-state index in [9.17, 15) is 4.79 Å². The van der Waals surface area contributed by atoms with Crippen molar-refractivity contribution in [1.82, 2.24) is 9.88 Å². The number of hydrogen-bond acceptors (Lipinski definition) is 4. The molecule has 17 heavy (non-hydrogen) atoms. The van der Waals surface area contributed by atoms with Crippen LogP contribution in [0.3, 0.4) is 0 Å². The number of pyridine rings is 1. The van der Waals surface area contributed by atoms with Gasteiger partial charge in [-0.1, -0.05) is 18.5 Å². The summed E-state index contributed by atoms with van der Waals surface area (Å²) in [4.78, 5) is 17.9. The van der Waals surface area contributed by atoms with Crippen molar-refractivity contribution in [2.24, 2.45) is 11.8 Å². The minimum Gasteiger partial charge on any atom is -0.338 e. The zero-order valence-corrected chi connectivity index (χ0v) is 10.4. The number of aromatic nitrogens is 1. The van der Waals surface area contributed by atoms with Crippen LogP contribution in [-0.4, -0.2) is 28.9 Å². The van der Waals surface area contributed by atoms with Crippen LogP contribution in [0.4, 0.5) is 5.82 Å². The largest absolute Gasteiger partial charge is 0.338 e. The molecule has 3 N–H and O–H groups in total. The third-order valence-corrected chi connectivity index (χ3v) is 3.22. The summed E-state index contributed by atoms with van der Waals surface area (Å²) in [5, 5.41) is 0.352. The monoisotopic (exact) mass is 254 g/mol. The van der Waals surface area contributed by atoms with Crippen molar-refractivity contribution < 1.29 is 4.79 Å². The van der Waals surface area contributed by atoms with Gasteiger partial charge in [-0.25, -0.2) is 10.8 Å². The number of hydrogen-bond donors (Lipinski definition) is 2. The normalized spacial score (nSPS) is 19.5. The fourth-order valence-electron chi connectivity index (χ4n) is 1.96. The molecule has 0 saturated carbocycles. The first-order chi connectivity index (χ1) is 8.11. The van der Waals surface area contributed by atoms with Crippen LogP contribution in [-0.2, 0) is 0 Å². The molecule has 1 unspecified atom stereocenters. The summed E-state index contributed by atoms with van der Waals surface area (Å²) in [6, 6.07) is 1.59. The van der Waals surface area contributed by atoms with Gasteiger partial charge in [-0.3, -0.25) is 4.79 Å². The summed E-state index contributed by atoms with van der Waals surface area (Å²) >= 11 is 5.93. The lowest BCUT2D eigenvalue weighted by molar-refractivity contribution is 0.0787. The molecular weight excluding hydrogens is 240 g/mol. The van der Waals surface area contributed by atoms with Gasteiger partial charge in [0.05, 0.1) is 10.6 Å². The van der Waals surface area contributed by atoms with Gasteiger partial charge in [0.15, 0.2) is 5.82 Å². The van der Waals surface area contributed by atoms with Gasteiger partial charge in [0.2, 0.25) is 0 Å². The van der Waals surface area contributed by atoms with E-state index in [0.29, 0.717) is 22.3 Å². The van der Waals surface area contributed by atoms with E-state index in [0.717, 1.165) is 19.5 Å². The van der Waals surface area contributed by atoms with E-state index < -0.39 is 0 Å². The number of hydrazine groups is 1. The highest BCUT2D eigenvalue weighted by atomic mass is 35.5. The molecule has 0 radical (unpaired) electrons. The predicted octanol–water partition coefficient (Wildman–Crippen LogP) is 1.50. The van der Waals surface area contributed by atoms with Crippen molar-refractivity contribution in [3.8, 4) is 0 Å². The number of nitrogens with zero attached hydrogens (tertiary/aromatic N) is 2. The molecule has 0 spiro atoms. The summed E-state index contributed by atoms with van der Waals surface area (Å²) in [6.45, 7) is 3.74. The molecule has 1 aromatic rings. The zero-order valence-electron chi connectivity index (χ0n) is 9.61. The highest BCUT2D eigenvalue weighted by molar-refractivity contribution is 6.33. The molecule has 1 fully saturated rings. The van der Waals surface area contributed by atoms with E-state index in [-0.39, 0.29) is 5.91 Å². The molecule has 0 aliphatic carbocycles. The van der Waals surface area contributed by atoms with Crippen molar-refractivity contribution in [2.75, 3.05) is 18.5 Å². The van der Waals surface area contributed by atoms with E-state index >= 15 is 0 Å². The van der Waals surface area contributed by atoms with Crippen LogP contribution in [0.25, 0.3) is 0 Å². The maximum absolute atomic E-state index is 12.1. The molecule has 92 valence electrons. The number of likely N-dealkylation sites (tertiary alicyclic amines) is 1. The highest BCUT2D eigenvalue weighted by Gasteiger charge is 2.24. The lowest BCUT2D eigenvalue weighted by atomic mass is 10.2. The standard InChI is InChI=1S/C11H15ClN4O/c1-7-2-3-16(6-7)11(17)8-4-9(12)10(15-13)14-5-8/h4-5,7H,2-3,6,13H2,1H3,(H,14,15). The van der Waals surface area contributed by atoms with Crippen molar-refractivity contribution in [2.45, 2.75) is 13.3 Å². The predicted molar refractivity (Wildman–Crippen MR) is 66.7 cm³/mol. The second-order valence-electron chi connectivity index (χ2n) is 4.34. The lowest BCUT2D eigenvalue weighted by Gasteiger charge is -2.16. The zero-order chi connectivity index (χ0) is 12.4. The average Bonchev–Trinajstić information content (AvgIpc) is 2.75. The number of nitrogen functional groups attached to an aromatic ring is 1. The molecule has 1 aliphatic rings. The molecule has 1 aliphatic heterocycles. The summed E-state index contributed by atoms with van der Waals surface area (Å²) in [5.74, 6) is 6.14. The second kappa shape index (κ2) is 4.89. The topological polar surface area (TPSA) is 71.2 Å². The van der Waals surface area contributed by atoms with Crippen LogP contribution in [0.15, 0.2) is 12.3 Å². The minimum absolute atomic E-state index is 0.0210. The average molecular weight is 255 g/mol. The first kappa shape index (κ1) is 12.1. The van der Waals surface area contributed by atoms with Gasteiger partial charge in [-0.05, 0) is 18.4 Å². The molecular formula is C11H15ClN4O. The Balaban J connectivity index is 2.17. The Hall–Kier alpha value is -1.33.